The molecule has 0 unspecified atom stereocenters. The highest BCUT2D eigenvalue weighted by Crippen LogP contribution is 2.36. The van der Waals surface area contributed by atoms with Crippen LogP contribution in [0.1, 0.15) is 54.8 Å². The van der Waals surface area contributed by atoms with Crippen LogP contribution >= 0.6 is 11.3 Å². The van der Waals surface area contributed by atoms with Crippen molar-refractivity contribution in [2.45, 2.75) is 44.7 Å². The number of nitrogens with one attached hydrogen (secondary N) is 1. The third-order valence-corrected chi connectivity index (χ3v) is 7.25. The standard InChI is InChI=1S/C29H28F3N3OS/c1-3-4-5-13-27(36)35-16-14-21(15-17-35)28-34-26(19-37-28)20(2)33-25-12-7-6-11-24(25)22-9-8-10-23(18-22)29(30,31)32/h6-12,18-19,21,33H,2-4,14-17H2,1H3. The highest BCUT2D eigenvalue weighted by atomic mass is 32.1. The lowest BCUT2D eigenvalue weighted by Crippen LogP contribution is -2.37. The minimum Gasteiger partial charge on any atom is -0.354 e. The van der Waals surface area contributed by atoms with Gasteiger partial charge in [0, 0.05) is 42.1 Å². The van der Waals surface area contributed by atoms with E-state index in [1.54, 1.807) is 34.4 Å². The van der Waals surface area contributed by atoms with E-state index in [1.807, 2.05) is 24.4 Å². The number of alkyl halides is 3. The Morgan fingerprint density at radius 3 is 2.68 bits per heavy atom. The van der Waals surface area contributed by atoms with Crippen molar-refractivity contribution in [3.8, 4) is 23.0 Å². The number of anilines is 1. The van der Waals surface area contributed by atoms with Crippen LogP contribution in [-0.2, 0) is 11.0 Å². The van der Waals surface area contributed by atoms with Crippen LogP contribution in [0.4, 0.5) is 18.9 Å². The lowest BCUT2D eigenvalue weighted by Gasteiger charge is -2.29. The van der Waals surface area contributed by atoms with Crippen LogP contribution in [0.2, 0.25) is 0 Å². The van der Waals surface area contributed by atoms with Gasteiger partial charge in [0.05, 0.1) is 22.0 Å². The van der Waals surface area contributed by atoms with Gasteiger partial charge in [0.25, 0.3) is 5.91 Å². The van der Waals surface area contributed by atoms with Gasteiger partial charge in [-0.2, -0.15) is 13.2 Å². The van der Waals surface area contributed by atoms with Gasteiger partial charge in [-0.1, -0.05) is 49.8 Å². The molecule has 37 heavy (non-hydrogen) atoms. The first-order valence-corrected chi connectivity index (χ1v) is 13.1. The SMILES string of the molecule is C=C(Nc1ccccc1-c1cccc(C(F)(F)F)c1)c1csc(C2CCN(C(=O)C#CCCC)CC2)n1. The zero-order valence-corrected chi connectivity index (χ0v) is 21.4. The molecule has 1 amide bonds. The summed E-state index contributed by atoms with van der Waals surface area (Å²) in [6.45, 7) is 7.47. The number of halogens is 3. The Kier molecular flexibility index (Phi) is 8.34. The molecule has 2 heterocycles. The van der Waals surface area contributed by atoms with E-state index >= 15 is 0 Å². The lowest BCUT2D eigenvalue weighted by atomic mass is 9.97. The van der Waals surface area contributed by atoms with Gasteiger partial charge in [-0.25, -0.2) is 4.98 Å². The van der Waals surface area contributed by atoms with Gasteiger partial charge in [0.2, 0.25) is 0 Å². The van der Waals surface area contributed by atoms with Gasteiger partial charge >= 0.3 is 6.18 Å². The molecule has 2 aromatic carbocycles. The number of likely N-dealkylation sites (tertiary alicyclic amines) is 1. The molecule has 1 N–H and O–H groups in total. The summed E-state index contributed by atoms with van der Waals surface area (Å²) in [5, 5.41) is 6.18. The molecule has 1 fully saturated rings. The van der Waals surface area contributed by atoms with Crippen molar-refractivity contribution in [2.24, 2.45) is 0 Å². The molecular formula is C29H28F3N3OS. The van der Waals surface area contributed by atoms with E-state index < -0.39 is 11.7 Å². The molecule has 4 nitrogen and oxygen atoms in total. The Hall–Kier alpha value is -3.57. The number of hydrogen-bond donors (Lipinski definition) is 1. The number of para-hydroxylation sites is 1. The number of amides is 1. The zero-order chi connectivity index (χ0) is 26.4. The van der Waals surface area contributed by atoms with Gasteiger partial charge < -0.3 is 10.2 Å². The number of piperidine rings is 1. The highest BCUT2D eigenvalue weighted by Gasteiger charge is 2.30. The van der Waals surface area contributed by atoms with Crippen LogP contribution in [0.25, 0.3) is 16.8 Å². The van der Waals surface area contributed by atoms with Crippen molar-refractivity contribution in [1.29, 1.82) is 0 Å². The smallest absolute Gasteiger partial charge is 0.354 e. The number of rotatable bonds is 6. The zero-order valence-electron chi connectivity index (χ0n) is 20.6. The van der Waals surface area contributed by atoms with E-state index in [1.165, 1.54) is 6.07 Å². The van der Waals surface area contributed by atoms with Crippen LogP contribution in [-0.4, -0.2) is 28.9 Å². The second-order valence-electron chi connectivity index (χ2n) is 8.92. The number of benzene rings is 2. The summed E-state index contributed by atoms with van der Waals surface area (Å²) >= 11 is 1.56. The van der Waals surface area contributed by atoms with Gasteiger partial charge in [-0.15, -0.1) is 11.3 Å². The molecule has 1 saturated heterocycles. The van der Waals surface area contributed by atoms with E-state index in [9.17, 15) is 18.0 Å². The van der Waals surface area contributed by atoms with Crippen molar-refractivity contribution in [3.63, 3.8) is 0 Å². The molecule has 0 aliphatic carbocycles. The predicted octanol–water partition coefficient (Wildman–Crippen LogP) is 7.42. The van der Waals surface area contributed by atoms with E-state index in [2.05, 4.69) is 23.7 Å². The molecule has 192 valence electrons. The van der Waals surface area contributed by atoms with E-state index in [0.29, 0.717) is 41.3 Å². The molecule has 0 saturated carbocycles. The minimum atomic E-state index is -4.41. The fourth-order valence-corrected chi connectivity index (χ4v) is 5.23. The number of unbranched alkanes of at least 4 members (excludes halogenated alkanes) is 1. The normalized spacial score (nSPS) is 14.1. The third-order valence-electron chi connectivity index (χ3n) is 6.25. The number of aromatic nitrogens is 1. The lowest BCUT2D eigenvalue weighted by molar-refractivity contribution is -0.137. The Bertz CT molecular complexity index is 1330. The molecule has 0 atom stereocenters. The number of carbonyl (C=O) groups is 1. The summed E-state index contributed by atoms with van der Waals surface area (Å²) in [6.07, 6.45) is -1.10. The molecule has 4 rings (SSSR count). The Balaban J connectivity index is 1.43. The summed E-state index contributed by atoms with van der Waals surface area (Å²) in [4.78, 5) is 18.8. The molecule has 3 aromatic rings. The summed E-state index contributed by atoms with van der Waals surface area (Å²) < 4.78 is 39.7. The maximum Gasteiger partial charge on any atom is 0.416 e. The summed E-state index contributed by atoms with van der Waals surface area (Å²) in [5.41, 5.74) is 2.33. The van der Waals surface area contributed by atoms with Gasteiger partial charge in [0.1, 0.15) is 0 Å². The van der Waals surface area contributed by atoms with Crippen LogP contribution in [0, 0.1) is 11.8 Å². The Labute approximate surface area is 219 Å². The van der Waals surface area contributed by atoms with E-state index in [-0.39, 0.29) is 11.8 Å². The Morgan fingerprint density at radius 2 is 1.95 bits per heavy atom. The maximum atomic E-state index is 13.2. The fourth-order valence-electron chi connectivity index (χ4n) is 4.22. The number of nitrogens with zero attached hydrogens (tertiary/aromatic N) is 2. The third kappa shape index (κ3) is 6.60. The van der Waals surface area contributed by atoms with E-state index in [0.717, 1.165) is 42.8 Å². The largest absolute Gasteiger partial charge is 0.416 e. The number of hydrogen-bond acceptors (Lipinski definition) is 4. The molecule has 1 aliphatic rings. The van der Waals surface area contributed by atoms with Crippen molar-refractivity contribution in [3.05, 3.63) is 76.8 Å². The summed E-state index contributed by atoms with van der Waals surface area (Å²) in [6, 6.07) is 12.5. The van der Waals surface area contributed by atoms with Crippen LogP contribution in [0.5, 0.6) is 0 Å². The second kappa shape index (κ2) is 11.7. The molecule has 1 aromatic heterocycles. The average Bonchev–Trinajstić information content (AvgIpc) is 3.39. The Morgan fingerprint density at radius 1 is 1.19 bits per heavy atom. The topological polar surface area (TPSA) is 45.2 Å². The van der Waals surface area contributed by atoms with Crippen LogP contribution < -0.4 is 5.32 Å². The van der Waals surface area contributed by atoms with Crippen molar-refractivity contribution in [1.82, 2.24) is 9.88 Å². The fraction of sp³-hybridized carbons (Fsp3) is 0.310. The summed E-state index contributed by atoms with van der Waals surface area (Å²) in [7, 11) is 0. The minimum absolute atomic E-state index is 0.108. The van der Waals surface area contributed by atoms with Crippen molar-refractivity contribution >= 4 is 28.6 Å². The quantitative estimate of drug-likeness (QED) is 0.342. The molecule has 8 heteroatoms. The van der Waals surface area contributed by atoms with Crippen LogP contribution in [0.3, 0.4) is 0 Å². The first kappa shape index (κ1) is 26.5. The number of carbonyl (C=O) groups excluding carboxylic acids is 1. The average molecular weight is 524 g/mol. The maximum absolute atomic E-state index is 13.2. The van der Waals surface area contributed by atoms with Crippen LogP contribution in [0.15, 0.2) is 60.5 Å². The predicted molar refractivity (Wildman–Crippen MR) is 143 cm³/mol. The van der Waals surface area contributed by atoms with E-state index in [4.69, 9.17) is 4.98 Å². The van der Waals surface area contributed by atoms with Gasteiger partial charge in [-0.3, -0.25) is 4.79 Å². The molecule has 0 bridgehead atoms. The first-order chi connectivity index (χ1) is 17.8. The van der Waals surface area contributed by atoms with Crippen molar-refractivity contribution in [2.75, 3.05) is 18.4 Å². The highest BCUT2D eigenvalue weighted by molar-refractivity contribution is 7.09. The van der Waals surface area contributed by atoms with Gasteiger partial charge in [-0.05, 0) is 48.9 Å². The molecule has 1 aliphatic heterocycles. The monoisotopic (exact) mass is 523 g/mol. The molecule has 0 spiro atoms. The first-order valence-electron chi connectivity index (χ1n) is 12.2. The van der Waals surface area contributed by atoms with Gasteiger partial charge in [0.15, 0.2) is 0 Å². The second-order valence-corrected chi connectivity index (χ2v) is 9.81. The molecule has 0 radical (unpaired) electrons. The number of thiazole rings is 1. The van der Waals surface area contributed by atoms with Crippen molar-refractivity contribution < 1.29 is 18.0 Å². The summed E-state index contributed by atoms with van der Waals surface area (Å²) in [5.74, 6) is 5.79. The molecular weight excluding hydrogens is 495 g/mol.